The minimum absolute atomic E-state index is 0.0469. The molecule has 1 aromatic carbocycles. The van der Waals surface area contributed by atoms with Crippen molar-refractivity contribution in [1.29, 1.82) is 0 Å². The van der Waals surface area contributed by atoms with Gasteiger partial charge in [-0.25, -0.2) is 9.78 Å². The molecular formula is C22H23ClN4O4. The lowest BCUT2D eigenvalue weighted by atomic mass is 9.97. The minimum Gasteiger partial charge on any atom is -0.445 e. The molecule has 3 aromatic rings. The molecule has 3 heterocycles. The molecule has 0 spiro atoms. The second-order valence-corrected chi connectivity index (χ2v) is 8.27. The Balaban J connectivity index is 1.51. The first kappa shape index (κ1) is 21.1. The lowest BCUT2D eigenvalue weighted by molar-refractivity contribution is 0.0685. The summed E-state index contributed by atoms with van der Waals surface area (Å²) in [7, 11) is 2.88. The Morgan fingerprint density at radius 2 is 2.03 bits per heavy atom. The fourth-order valence-electron chi connectivity index (χ4n) is 3.90. The number of oxazole rings is 1. The van der Waals surface area contributed by atoms with Gasteiger partial charge in [-0.3, -0.25) is 18.7 Å². The number of rotatable bonds is 4. The second-order valence-electron chi connectivity index (χ2n) is 7.83. The molecule has 2 aromatic heterocycles. The number of halogens is 1. The summed E-state index contributed by atoms with van der Waals surface area (Å²) in [5.41, 5.74) is 0.0890. The van der Waals surface area contributed by atoms with Crippen LogP contribution in [0.1, 0.15) is 46.5 Å². The molecule has 1 saturated heterocycles. The molecule has 4 rings (SSSR count). The molecule has 0 unspecified atom stereocenters. The standard InChI is InChI=1S/C22H23ClN4O4/c1-25-18(11-19(28)26(2)22(25)30)21(29)27-8-4-6-15(13-27)20-24-12-17(31-20)10-14-5-3-7-16(23)9-14/h3,5,7,9,11-12,15H,4,6,8,10,13H2,1-2H3/t15-/m1/s1. The summed E-state index contributed by atoms with van der Waals surface area (Å²) in [6.07, 6.45) is 3.91. The summed E-state index contributed by atoms with van der Waals surface area (Å²) in [5, 5.41) is 0.670. The molecule has 0 radical (unpaired) electrons. The molecule has 8 nitrogen and oxygen atoms in total. The number of hydrogen-bond acceptors (Lipinski definition) is 5. The molecule has 0 bridgehead atoms. The highest BCUT2D eigenvalue weighted by atomic mass is 35.5. The summed E-state index contributed by atoms with van der Waals surface area (Å²) in [5.74, 6) is 0.934. The van der Waals surface area contributed by atoms with E-state index in [9.17, 15) is 14.4 Å². The van der Waals surface area contributed by atoms with Gasteiger partial charge in [0.05, 0.1) is 12.1 Å². The van der Waals surface area contributed by atoms with E-state index in [1.54, 1.807) is 11.1 Å². The molecule has 1 fully saturated rings. The molecular weight excluding hydrogens is 420 g/mol. The van der Waals surface area contributed by atoms with E-state index in [0.29, 0.717) is 30.4 Å². The van der Waals surface area contributed by atoms with Gasteiger partial charge in [0.25, 0.3) is 11.5 Å². The average molecular weight is 443 g/mol. The molecule has 1 atom stereocenters. The van der Waals surface area contributed by atoms with E-state index < -0.39 is 11.2 Å². The van der Waals surface area contributed by atoms with Gasteiger partial charge < -0.3 is 9.32 Å². The van der Waals surface area contributed by atoms with E-state index in [0.717, 1.165) is 28.7 Å². The van der Waals surface area contributed by atoms with Crippen LogP contribution in [0.2, 0.25) is 5.02 Å². The predicted molar refractivity (Wildman–Crippen MR) is 116 cm³/mol. The maximum atomic E-state index is 13.0. The SMILES string of the molecule is Cn1c(C(=O)N2CCC[C@@H](c3ncc(Cc4cccc(Cl)c4)o3)C2)cc(=O)n(C)c1=O. The minimum atomic E-state index is -0.525. The molecule has 1 aliphatic heterocycles. The highest BCUT2D eigenvalue weighted by molar-refractivity contribution is 6.30. The van der Waals surface area contributed by atoms with Crippen LogP contribution in [0.5, 0.6) is 0 Å². The lowest BCUT2D eigenvalue weighted by Crippen LogP contribution is -2.44. The van der Waals surface area contributed by atoms with Gasteiger partial charge in [0.15, 0.2) is 5.89 Å². The van der Waals surface area contributed by atoms with Crippen molar-refractivity contribution in [3.8, 4) is 0 Å². The molecule has 31 heavy (non-hydrogen) atoms. The van der Waals surface area contributed by atoms with Crippen LogP contribution in [0.15, 0.2) is 50.5 Å². The molecule has 1 amide bonds. The van der Waals surface area contributed by atoms with E-state index in [1.807, 2.05) is 24.3 Å². The Labute approximate surface area is 183 Å². The third-order valence-corrected chi connectivity index (χ3v) is 5.88. The zero-order valence-electron chi connectivity index (χ0n) is 17.4. The van der Waals surface area contributed by atoms with Gasteiger partial charge in [-0.05, 0) is 30.5 Å². The number of carbonyl (C=O) groups is 1. The summed E-state index contributed by atoms with van der Waals surface area (Å²) in [6, 6.07) is 8.79. The Morgan fingerprint density at radius 1 is 1.23 bits per heavy atom. The zero-order chi connectivity index (χ0) is 22.1. The number of hydrogen-bond donors (Lipinski definition) is 0. The monoisotopic (exact) mass is 442 g/mol. The van der Waals surface area contributed by atoms with Crippen molar-refractivity contribution in [3.63, 3.8) is 0 Å². The van der Waals surface area contributed by atoms with Gasteiger partial charge in [0.2, 0.25) is 0 Å². The van der Waals surface area contributed by atoms with E-state index in [-0.39, 0.29) is 17.5 Å². The number of amides is 1. The van der Waals surface area contributed by atoms with E-state index in [2.05, 4.69) is 4.98 Å². The third kappa shape index (κ3) is 4.34. The van der Waals surface area contributed by atoms with Gasteiger partial charge in [-0.15, -0.1) is 0 Å². The maximum absolute atomic E-state index is 13.0. The van der Waals surface area contributed by atoms with Crippen molar-refractivity contribution < 1.29 is 9.21 Å². The Morgan fingerprint density at radius 3 is 2.81 bits per heavy atom. The fraction of sp³-hybridized carbons (Fsp3) is 0.364. The molecule has 0 N–H and O–H groups in total. The average Bonchev–Trinajstić information content (AvgIpc) is 3.23. The van der Waals surface area contributed by atoms with Crippen LogP contribution < -0.4 is 11.2 Å². The molecule has 0 aliphatic carbocycles. The maximum Gasteiger partial charge on any atom is 0.331 e. The van der Waals surface area contributed by atoms with E-state index >= 15 is 0 Å². The van der Waals surface area contributed by atoms with Crippen molar-refractivity contribution >= 4 is 17.5 Å². The van der Waals surface area contributed by atoms with Gasteiger partial charge in [0, 0.05) is 44.7 Å². The first-order valence-electron chi connectivity index (χ1n) is 10.1. The van der Waals surface area contributed by atoms with Gasteiger partial charge >= 0.3 is 5.69 Å². The highest BCUT2D eigenvalue weighted by Gasteiger charge is 2.29. The van der Waals surface area contributed by atoms with Crippen LogP contribution >= 0.6 is 11.6 Å². The largest absolute Gasteiger partial charge is 0.445 e. The van der Waals surface area contributed by atoms with Crippen LogP contribution in [0.3, 0.4) is 0 Å². The topological polar surface area (TPSA) is 90.3 Å². The van der Waals surface area contributed by atoms with Crippen LogP contribution in [-0.2, 0) is 20.5 Å². The molecule has 0 saturated carbocycles. The Bertz CT molecular complexity index is 1240. The summed E-state index contributed by atoms with van der Waals surface area (Å²) in [4.78, 5) is 43.3. The van der Waals surface area contributed by atoms with Crippen LogP contribution in [0.4, 0.5) is 0 Å². The summed E-state index contributed by atoms with van der Waals surface area (Å²) in [6.45, 7) is 0.966. The Kier molecular flexibility index (Phi) is 5.82. The van der Waals surface area contributed by atoms with E-state index in [1.165, 1.54) is 24.7 Å². The number of benzene rings is 1. The van der Waals surface area contributed by atoms with Crippen molar-refractivity contribution in [3.05, 3.63) is 85.3 Å². The summed E-state index contributed by atoms with van der Waals surface area (Å²) < 4.78 is 8.16. The lowest BCUT2D eigenvalue weighted by Gasteiger charge is -2.31. The summed E-state index contributed by atoms with van der Waals surface area (Å²) >= 11 is 6.05. The van der Waals surface area contributed by atoms with Crippen LogP contribution in [0, 0.1) is 0 Å². The van der Waals surface area contributed by atoms with Gasteiger partial charge in [-0.1, -0.05) is 23.7 Å². The molecule has 9 heteroatoms. The van der Waals surface area contributed by atoms with Crippen molar-refractivity contribution in [1.82, 2.24) is 19.0 Å². The van der Waals surface area contributed by atoms with Crippen LogP contribution in [0.25, 0.3) is 0 Å². The molecule has 162 valence electrons. The normalized spacial score (nSPS) is 16.5. The second kappa shape index (κ2) is 8.55. The Hall–Kier alpha value is -3.13. The van der Waals surface area contributed by atoms with Crippen molar-refractivity contribution in [2.75, 3.05) is 13.1 Å². The van der Waals surface area contributed by atoms with Gasteiger partial charge in [0.1, 0.15) is 11.5 Å². The quantitative estimate of drug-likeness (QED) is 0.618. The highest BCUT2D eigenvalue weighted by Crippen LogP contribution is 2.28. The van der Waals surface area contributed by atoms with Crippen LogP contribution in [-0.4, -0.2) is 38.0 Å². The fourth-order valence-corrected chi connectivity index (χ4v) is 4.12. The smallest absolute Gasteiger partial charge is 0.331 e. The number of aromatic nitrogens is 3. The first-order chi connectivity index (χ1) is 14.8. The first-order valence-corrected chi connectivity index (χ1v) is 10.5. The van der Waals surface area contributed by atoms with Gasteiger partial charge in [-0.2, -0.15) is 0 Å². The van der Waals surface area contributed by atoms with Crippen molar-refractivity contribution in [2.45, 2.75) is 25.2 Å². The number of piperidine rings is 1. The molecule has 1 aliphatic rings. The number of carbonyl (C=O) groups excluding carboxylic acids is 1. The number of likely N-dealkylation sites (tertiary alicyclic amines) is 1. The predicted octanol–water partition coefficient (Wildman–Crippen LogP) is 2.34. The van der Waals surface area contributed by atoms with E-state index in [4.69, 9.17) is 16.0 Å². The van der Waals surface area contributed by atoms with Crippen molar-refractivity contribution in [2.24, 2.45) is 14.1 Å². The third-order valence-electron chi connectivity index (χ3n) is 5.64. The zero-order valence-corrected chi connectivity index (χ0v) is 18.1. The number of nitrogens with zero attached hydrogens (tertiary/aromatic N) is 4.